The monoisotopic (exact) mass is 406 g/mol. The molecule has 0 atom stereocenters. The Morgan fingerprint density at radius 3 is 2.74 bits per heavy atom. The van der Waals surface area contributed by atoms with Gasteiger partial charge in [0.2, 0.25) is 0 Å². The number of rotatable bonds is 5. The molecule has 0 fully saturated rings. The van der Waals surface area contributed by atoms with Crippen LogP contribution in [0.5, 0.6) is 0 Å². The van der Waals surface area contributed by atoms with Gasteiger partial charge in [-0.1, -0.05) is 29.3 Å². The van der Waals surface area contributed by atoms with E-state index < -0.39 is 17.7 Å². The molecule has 0 unspecified atom stereocenters. The van der Waals surface area contributed by atoms with Crippen molar-refractivity contribution < 1.29 is 18.7 Å². The normalized spacial score (nSPS) is 10.6. The van der Waals surface area contributed by atoms with E-state index in [9.17, 15) is 14.0 Å². The number of nitrogens with one attached hydrogen (secondary N) is 1. The van der Waals surface area contributed by atoms with Crippen LogP contribution >= 0.6 is 23.2 Å². The number of hydrogen-bond donors (Lipinski definition) is 1. The van der Waals surface area contributed by atoms with Crippen LogP contribution in [0.3, 0.4) is 0 Å². The molecule has 0 saturated heterocycles. The van der Waals surface area contributed by atoms with Crippen LogP contribution in [0.4, 0.5) is 4.39 Å². The first-order valence-corrected chi connectivity index (χ1v) is 8.62. The number of esters is 1. The van der Waals surface area contributed by atoms with Gasteiger partial charge in [0.05, 0.1) is 16.1 Å². The maximum Gasteiger partial charge on any atom is 0.325 e. The largest absolute Gasteiger partial charge is 0.459 e. The Kier molecular flexibility index (Phi) is 5.88. The van der Waals surface area contributed by atoms with Crippen LogP contribution < -0.4 is 5.32 Å². The number of carbonyl (C=O) groups is 2. The molecule has 1 amide bonds. The standard InChI is InChI=1S/C19H13Cl2FN2O3/c20-12-4-5-13(15(21)8-12)19(26)24-9-17(25)27-10-11-3-6-16(22)14-2-1-7-23-18(11)14/h1-8H,9-10H2,(H,24,26). The molecule has 0 saturated carbocycles. The molecule has 1 heterocycles. The molecule has 0 spiro atoms. The summed E-state index contributed by atoms with van der Waals surface area (Å²) < 4.78 is 18.9. The van der Waals surface area contributed by atoms with Crippen LogP contribution in [0.2, 0.25) is 10.0 Å². The van der Waals surface area contributed by atoms with Crippen molar-refractivity contribution >= 4 is 46.0 Å². The highest BCUT2D eigenvalue weighted by molar-refractivity contribution is 6.36. The lowest BCUT2D eigenvalue weighted by atomic mass is 10.1. The average Bonchev–Trinajstić information content (AvgIpc) is 2.66. The van der Waals surface area contributed by atoms with Crippen molar-refractivity contribution in [1.82, 2.24) is 10.3 Å². The highest BCUT2D eigenvalue weighted by Crippen LogP contribution is 2.21. The number of carbonyl (C=O) groups excluding carboxylic acids is 2. The Balaban J connectivity index is 1.59. The lowest BCUT2D eigenvalue weighted by Crippen LogP contribution is -2.30. The molecule has 5 nitrogen and oxygen atoms in total. The van der Waals surface area contributed by atoms with Crippen molar-refractivity contribution in [1.29, 1.82) is 0 Å². The van der Waals surface area contributed by atoms with Gasteiger partial charge < -0.3 is 10.1 Å². The highest BCUT2D eigenvalue weighted by Gasteiger charge is 2.14. The van der Waals surface area contributed by atoms with E-state index in [-0.39, 0.29) is 23.7 Å². The van der Waals surface area contributed by atoms with E-state index >= 15 is 0 Å². The minimum absolute atomic E-state index is 0.0931. The van der Waals surface area contributed by atoms with Gasteiger partial charge in [-0.15, -0.1) is 0 Å². The minimum atomic E-state index is -0.651. The van der Waals surface area contributed by atoms with Gasteiger partial charge in [0.15, 0.2) is 0 Å². The van der Waals surface area contributed by atoms with E-state index in [2.05, 4.69) is 10.3 Å². The van der Waals surface area contributed by atoms with Crippen LogP contribution in [0.1, 0.15) is 15.9 Å². The van der Waals surface area contributed by atoms with Gasteiger partial charge in [-0.3, -0.25) is 14.6 Å². The van der Waals surface area contributed by atoms with Crippen molar-refractivity contribution in [2.75, 3.05) is 6.54 Å². The molecule has 0 bridgehead atoms. The molecular weight excluding hydrogens is 394 g/mol. The smallest absolute Gasteiger partial charge is 0.325 e. The molecular formula is C19H13Cl2FN2O3. The van der Waals surface area contributed by atoms with Gasteiger partial charge in [0, 0.05) is 22.2 Å². The number of hydrogen-bond acceptors (Lipinski definition) is 4. The summed E-state index contributed by atoms with van der Waals surface area (Å²) in [6, 6.07) is 10.4. The second-order valence-electron chi connectivity index (χ2n) is 5.57. The Labute approximate surface area is 164 Å². The Hall–Kier alpha value is -2.70. The SMILES string of the molecule is O=C(CNC(=O)c1ccc(Cl)cc1Cl)OCc1ccc(F)c2cccnc12. The molecule has 0 radical (unpaired) electrons. The van der Waals surface area contributed by atoms with Crippen molar-refractivity contribution in [3.05, 3.63) is 75.7 Å². The molecule has 3 rings (SSSR count). The zero-order valence-corrected chi connectivity index (χ0v) is 15.4. The van der Waals surface area contributed by atoms with Crippen LogP contribution in [0.15, 0.2) is 48.7 Å². The minimum Gasteiger partial charge on any atom is -0.459 e. The second-order valence-corrected chi connectivity index (χ2v) is 6.42. The zero-order valence-electron chi connectivity index (χ0n) is 13.8. The van der Waals surface area contributed by atoms with Gasteiger partial charge in [0.1, 0.15) is 19.0 Å². The molecule has 8 heteroatoms. The van der Waals surface area contributed by atoms with Crippen molar-refractivity contribution in [3.63, 3.8) is 0 Å². The maximum absolute atomic E-state index is 13.8. The van der Waals surface area contributed by atoms with E-state index in [1.54, 1.807) is 12.1 Å². The molecule has 3 aromatic rings. The topological polar surface area (TPSA) is 68.3 Å². The summed E-state index contributed by atoms with van der Waals surface area (Å²) >= 11 is 11.7. The first kappa shape index (κ1) is 19.1. The van der Waals surface area contributed by atoms with Gasteiger partial charge >= 0.3 is 5.97 Å². The fourth-order valence-electron chi connectivity index (χ4n) is 2.44. The quantitative estimate of drug-likeness (QED) is 0.646. The fraction of sp³-hybridized carbons (Fsp3) is 0.105. The average molecular weight is 407 g/mol. The van der Waals surface area contributed by atoms with Crippen molar-refractivity contribution in [2.24, 2.45) is 0 Å². The number of aromatic nitrogens is 1. The number of ether oxygens (including phenoxy) is 1. The number of fused-ring (bicyclic) bond motifs is 1. The van der Waals surface area contributed by atoms with Gasteiger partial charge in [-0.05, 0) is 36.4 Å². The van der Waals surface area contributed by atoms with Gasteiger partial charge in [0.25, 0.3) is 5.91 Å². The summed E-state index contributed by atoms with van der Waals surface area (Å²) in [5.41, 5.74) is 1.18. The molecule has 1 N–H and O–H groups in total. The van der Waals surface area contributed by atoms with Crippen LogP contribution in [0, 0.1) is 5.82 Å². The Morgan fingerprint density at radius 2 is 1.96 bits per heavy atom. The summed E-state index contributed by atoms with van der Waals surface area (Å²) in [4.78, 5) is 28.1. The number of pyridine rings is 1. The van der Waals surface area contributed by atoms with E-state index in [1.807, 2.05) is 0 Å². The lowest BCUT2D eigenvalue weighted by Gasteiger charge is -2.09. The van der Waals surface area contributed by atoms with E-state index in [4.69, 9.17) is 27.9 Å². The first-order chi connectivity index (χ1) is 13.0. The molecule has 2 aromatic carbocycles. The van der Waals surface area contributed by atoms with Crippen molar-refractivity contribution in [2.45, 2.75) is 6.61 Å². The van der Waals surface area contributed by atoms with Crippen molar-refractivity contribution in [3.8, 4) is 0 Å². The van der Waals surface area contributed by atoms with Crippen LogP contribution in [-0.4, -0.2) is 23.4 Å². The summed E-state index contributed by atoms with van der Waals surface area (Å²) in [7, 11) is 0. The fourth-order valence-corrected chi connectivity index (χ4v) is 2.94. The molecule has 27 heavy (non-hydrogen) atoms. The molecule has 0 aliphatic heterocycles. The third kappa shape index (κ3) is 4.53. The molecule has 0 aliphatic carbocycles. The van der Waals surface area contributed by atoms with Gasteiger partial charge in [-0.25, -0.2) is 4.39 Å². The highest BCUT2D eigenvalue weighted by atomic mass is 35.5. The first-order valence-electron chi connectivity index (χ1n) is 7.86. The second kappa shape index (κ2) is 8.33. The molecule has 1 aromatic heterocycles. The summed E-state index contributed by atoms with van der Waals surface area (Å²) in [5, 5.41) is 3.35. The third-order valence-corrected chi connectivity index (χ3v) is 4.31. The predicted molar refractivity (Wildman–Crippen MR) is 100 cm³/mol. The summed E-state index contributed by atoms with van der Waals surface area (Å²) in [5.74, 6) is -1.58. The zero-order chi connectivity index (χ0) is 19.4. The summed E-state index contributed by atoms with van der Waals surface area (Å²) in [6.45, 7) is -0.436. The Morgan fingerprint density at radius 1 is 1.15 bits per heavy atom. The lowest BCUT2D eigenvalue weighted by molar-refractivity contribution is -0.143. The van der Waals surface area contributed by atoms with E-state index in [1.165, 1.54) is 36.5 Å². The van der Waals surface area contributed by atoms with Crippen LogP contribution in [-0.2, 0) is 16.1 Å². The molecule has 0 aliphatic rings. The third-order valence-electron chi connectivity index (χ3n) is 3.76. The van der Waals surface area contributed by atoms with Gasteiger partial charge in [-0.2, -0.15) is 0 Å². The number of halogens is 3. The summed E-state index contributed by atoms with van der Waals surface area (Å²) in [6.07, 6.45) is 1.53. The van der Waals surface area contributed by atoms with E-state index in [0.717, 1.165) is 0 Å². The Bertz CT molecular complexity index is 1030. The number of amides is 1. The maximum atomic E-state index is 13.8. The number of benzene rings is 2. The number of nitrogens with zero attached hydrogens (tertiary/aromatic N) is 1. The predicted octanol–water partition coefficient (Wildman–Crippen LogP) is 4.15. The molecule has 138 valence electrons. The van der Waals surface area contributed by atoms with Crippen LogP contribution in [0.25, 0.3) is 10.9 Å². The van der Waals surface area contributed by atoms with E-state index in [0.29, 0.717) is 21.5 Å².